The van der Waals surface area contributed by atoms with Gasteiger partial charge in [-0.1, -0.05) is 59.6 Å². The minimum absolute atomic E-state index is 0.0849. The van der Waals surface area contributed by atoms with E-state index in [1.807, 2.05) is 43.4 Å². The zero-order valence-electron chi connectivity index (χ0n) is 26.4. The van der Waals surface area contributed by atoms with Crippen LogP contribution in [0.2, 0.25) is 10.0 Å². The van der Waals surface area contributed by atoms with Crippen LogP contribution < -0.4 is 10.1 Å². The van der Waals surface area contributed by atoms with Crippen molar-refractivity contribution in [3.63, 3.8) is 0 Å². The molecule has 0 atom stereocenters. The lowest BCUT2D eigenvalue weighted by molar-refractivity contribution is -0.143. The maximum atomic E-state index is 13.7. The van der Waals surface area contributed by atoms with Crippen LogP contribution in [0.4, 0.5) is 20.3 Å². The van der Waals surface area contributed by atoms with Crippen molar-refractivity contribution >= 4 is 67.6 Å². The number of benzene rings is 2. The fraction of sp³-hybridized carbons (Fsp3) is 0.286. The van der Waals surface area contributed by atoms with Crippen molar-refractivity contribution in [2.45, 2.75) is 44.7 Å². The average molecular weight is 772 g/mol. The van der Waals surface area contributed by atoms with Crippen LogP contribution in [0.1, 0.15) is 43.5 Å². The number of nitrogens with zero attached hydrogens (tertiary/aromatic N) is 5. The largest absolute Gasteiger partial charge is 0.481 e. The number of halogens is 5. The van der Waals surface area contributed by atoms with Crippen molar-refractivity contribution < 1.29 is 23.4 Å². The van der Waals surface area contributed by atoms with Gasteiger partial charge in [0.15, 0.2) is 11.6 Å². The van der Waals surface area contributed by atoms with Gasteiger partial charge in [-0.25, -0.2) is 28.7 Å². The number of rotatable bonds is 10. The number of aliphatic carboxylic acids is 1. The summed E-state index contributed by atoms with van der Waals surface area (Å²) in [4.78, 5) is 30.7. The summed E-state index contributed by atoms with van der Waals surface area (Å²) in [5, 5.41) is 13.1. The van der Waals surface area contributed by atoms with E-state index in [2.05, 4.69) is 41.1 Å². The molecule has 2 N–H and O–H groups in total. The first-order valence-electron chi connectivity index (χ1n) is 15.5. The summed E-state index contributed by atoms with van der Waals surface area (Å²) >= 11 is 17.3. The van der Waals surface area contributed by atoms with Crippen LogP contribution in [-0.2, 0) is 11.3 Å². The molecule has 0 bridgehead atoms. The van der Waals surface area contributed by atoms with E-state index >= 15 is 0 Å². The van der Waals surface area contributed by atoms with Crippen molar-refractivity contribution in [2.75, 3.05) is 19.5 Å². The predicted octanol–water partition coefficient (Wildman–Crippen LogP) is 9.59. The molecule has 0 unspecified atom stereocenters. The molecule has 1 saturated carbocycles. The van der Waals surface area contributed by atoms with Gasteiger partial charge in [0.05, 0.1) is 40.0 Å². The van der Waals surface area contributed by atoms with Crippen LogP contribution in [0.5, 0.6) is 5.88 Å². The Hall–Kier alpha value is -3.97. The normalized spacial score (nSPS) is 16.3. The topological polar surface area (TPSA) is 113 Å². The van der Waals surface area contributed by atoms with Crippen LogP contribution in [0.15, 0.2) is 65.3 Å². The fourth-order valence-electron chi connectivity index (χ4n) is 6.18. The number of aromatic nitrogens is 4. The van der Waals surface area contributed by atoms with Gasteiger partial charge < -0.3 is 15.2 Å². The van der Waals surface area contributed by atoms with Gasteiger partial charge in [0.1, 0.15) is 5.52 Å². The third kappa shape index (κ3) is 7.47. The molecule has 0 radical (unpaired) electrons. The highest BCUT2D eigenvalue weighted by Crippen LogP contribution is 2.42. The van der Waals surface area contributed by atoms with Crippen molar-refractivity contribution in [3.05, 3.63) is 86.7 Å². The van der Waals surface area contributed by atoms with Crippen LogP contribution >= 0.6 is 39.1 Å². The Labute approximate surface area is 299 Å². The van der Waals surface area contributed by atoms with E-state index in [1.54, 1.807) is 25.3 Å². The zero-order valence-corrected chi connectivity index (χ0v) is 29.5. The number of alkyl halides is 2. The summed E-state index contributed by atoms with van der Waals surface area (Å²) in [5.74, 6) is -1.07. The minimum atomic E-state index is -2.89. The molecule has 14 heteroatoms. The molecular weight excluding hydrogens is 741 g/mol. The number of methoxy groups -OCH3 is 1. The number of pyridine rings is 2. The molecule has 0 aliphatic heterocycles. The van der Waals surface area contributed by atoms with Gasteiger partial charge in [-0.05, 0) is 66.9 Å². The molecule has 1 aliphatic rings. The summed E-state index contributed by atoms with van der Waals surface area (Å²) in [5.41, 5.74) is 4.36. The lowest BCUT2D eigenvalue weighted by Gasteiger charge is -2.33. The molecule has 254 valence electrons. The first-order valence-corrected chi connectivity index (χ1v) is 17.0. The number of carbonyl (C=O) groups is 1. The monoisotopic (exact) mass is 770 g/mol. The molecule has 3 aromatic heterocycles. The Morgan fingerprint density at radius 3 is 2.41 bits per heavy atom. The SMILES string of the molecule is COc1nc(-c2cccc(-c3cccc(Nc4nc(C(F)F)nc5cc(Br)cnc45)c3Cl)c2Cl)ccc1CN(C)C1CCC(C(=O)O)CC1. The molecule has 0 saturated heterocycles. The standard InChI is InChI=1S/C35H31BrCl2F2N6O3/c1-46(21-12-9-18(10-13-21)35(47)48)17-19-11-14-25(44-34(19)49-2)24-7-3-5-22(28(24)37)23-6-4-8-26(29(23)38)42-32-30-27(15-20(36)16-41-30)43-33(45-32)31(39)40/h3-8,11,14-16,18,21,31H,9-10,12-13,17H2,1-2H3,(H,47,48)(H,42,43,45). The van der Waals surface area contributed by atoms with Crippen LogP contribution in [-0.4, -0.2) is 56.1 Å². The third-order valence-electron chi connectivity index (χ3n) is 8.75. The molecule has 5 aromatic rings. The Balaban J connectivity index is 1.28. The molecule has 49 heavy (non-hydrogen) atoms. The van der Waals surface area contributed by atoms with E-state index in [0.29, 0.717) is 73.4 Å². The second-order valence-corrected chi connectivity index (χ2v) is 13.5. The summed E-state index contributed by atoms with van der Waals surface area (Å²) in [6.07, 6.45) is 1.63. The molecule has 9 nitrogen and oxygen atoms in total. The second kappa shape index (κ2) is 14.9. The maximum Gasteiger partial charge on any atom is 0.306 e. The van der Waals surface area contributed by atoms with Crippen LogP contribution in [0, 0.1) is 5.92 Å². The number of nitrogens with one attached hydrogen (secondary N) is 1. The highest BCUT2D eigenvalue weighted by molar-refractivity contribution is 9.10. The van der Waals surface area contributed by atoms with E-state index in [0.717, 1.165) is 18.4 Å². The maximum absolute atomic E-state index is 13.7. The van der Waals surface area contributed by atoms with E-state index in [1.165, 1.54) is 6.20 Å². The number of carboxylic acid groups (broad SMARTS) is 1. The lowest BCUT2D eigenvalue weighted by Crippen LogP contribution is -2.36. The van der Waals surface area contributed by atoms with Crippen molar-refractivity contribution in [3.8, 4) is 28.3 Å². The number of hydrogen-bond donors (Lipinski definition) is 2. The van der Waals surface area contributed by atoms with Crippen LogP contribution in [0.25, 0.3) is 33.4 Å². The summed E-state index contributed by atoms with van der Waals surface area (Å²) in [6.45, 7) is 0.593. The van der Waals surface area contributed by atoms with Gasteiger partial charge in [-0.3, -0.25) is 9.69 Å². The number of carboxylic acids is 1. The van der Waals surface area contributed by atoms with Gasteiger partial charge in [0.2, 0.25) is 5.88 Å². The molecule has 1 aliphatic carbocycles. The second-order valence-electron chi connectivity index (χ2n) is 11.8. The van der Waals surface area contributed by atoms with E-state index in [9.17, 15) is 18.7 Å². The molecule has 6 rings (SSSR count). The average Bonchev–Trinajstić information content (AvgIpc) is 3.09. The Morgan fingerprint density at radius 1 is 1.02 bits per heavy atom. The number of anilines is 2. The van der Waals surface area contributed by atoms with E-state index in [-0.39, 0.29) is 23.3 Å². The first-order chi connectivity index (χ1) is 23.5. The Kier molecular flexibility index (Phi) is 10.6. The van der Waals surface area contributed by atoms with Gasteiger partial charge >= 0.3 is 5.97 Å². The Morgan fingerprint density at radius 2 is 1.71 bits per heavy atom. The summed E-state index contributed by atoms with van der Waals surface area (Å²) in [7, 11) is 3.61. The molecule has 1 fully saturated rings. The number of fused-ring (bicyclic) bond motifs is 1. The van der Waals surface area contributed by atoms with Gasteiger partial charge in [0.25, 0.3) is 6.43 Å². The molecule has 3 heterocycles. The molecule has 0 spiro atoms. The lowest BCUT2D eigenvalue weighted by atomic mass is 9.85. The number of hydrogen-bond acceptors (Lipinski definition) is 8. The van der Waals surface area contributed by atoms with E-state index < -0.39 is 18.2 Å². The molecule has 0 amide bonds. The quantitative estimate of drug-likeness (QED) is 0.143. The third-order valence-corrected chi connectivity index (χ3v) is 10.0. The smallest absolute Gasteiger partial charge is 0.306 e. The summed E-state index contributed by atoms with van der Waals surface area (Å²) < 4.78 is 33.6. The van der Waals surface area contributed by atoms with Crippen LogP contribution in [0.3, 0.4) is 0 Å². The number of ether oxygens (including phenoxy) is 1. The van der Waals surface area contributed by atoms with Gasteiger partial charge in [-0.15, -0.1) is 0 Å². The molecular formula is C35H31BrCl2F2N6O3. The molecule has 2 aromatic carbocycles. The fourth-order valence-corrected chi connectivity index (χ4v) is 7.10. The van der Waals surface area contributed by atoms with Crippen molar-refractivity contribution in [1.29, 1.82) is 0 Å². The Bertz CT molecular complexity index is 2030. The first kappa shape index (κ1) is 34.9. The van der Waals surface area contributed by atoms with Crippen molar-refractivity contribution in [2.24, 2.45) is 5.92 Å². The highest BCUT2D eigenvalue weighted by atomic mass is 79.9. The minimum Gasteiger partial charge on any atom is -0.481 e. The van der Waals surface area contributed by atoms with Gasteiger partial charge in [-0.2, -0.15) is 0 Å². The van der Waals surface area contributed by atoms with E-state index in [4.69, 9.17) is 32.9 Å². The zero-order chi connectivity index (χ0) is 34.8. The van der Waals surface area contributed by atoms with Gasteiger partial charge in [0, 0.05) is 45.5 Å². The van der Waals surface area contributed by atoms with Crippen molar-refractivity contribution in [1.82, 2.24) is 24.8 Å². The highest BCUT2D eigenvalue weighted by Gasteiger charge is 2.28. The summed E-state index contributed by atoms with van der Waals surface area (Å²) in [6, 6.07) is 16.6. The predicted molar refractivity (Wildman–Crippen MR) is 190 cm³/mol.